The summed E-state index contributed by atoms with van der Waals surface area (Å²) in [4.78, 5) is 25.2. The molecule has 2 amide bonds. The molecule has 5 nitrogen and oxygen atoms in total. The normalized spacial score (nSPS) is 10.3. The van der Waals surface area contributed by atoms with Gasteiger partial charge in [-0.3, -0.25) is 9.59 Å². The Hall–Kier alpha value is -2.08. The largest absolute Gasteiger partial charge is 0.467 e. The van der Waals surface area contributed by atoms with Crippen molar-refractivity contribution in [3.05, 3.63) is 52.9 Å². The quantitative estimate of drug-likeness (QED) is 0.853. The number of hydrogen-bond acceptors (Lipinski definition) is 3. The number of halogens is 1. The Labute approximate surface area is 137 Å². The molecule has 116 valence electrons. The van der Waals surface area contributed by atoms with Gasteiger partial charge in [-0.15, -0.1) is 0 Å². The molecule has 0 bridgehead atoms. The second-order valence-electron chi connectivity index (χ2n) is 4.83. The Morgan fingerprint density at radius 2 is 2.09 bits per heavy atom. The van der Waals surface area contributed by atoms with Crippen LogP contribution < -0.4 is 5.32 Å². The third kappa shape index (κ3) is 5.04. The average molecular weight is 365 g/mol. The van der Waals surface area contributed by atoms with Crippen LogP contribution in [0.25, 0.3) is 0 Å². The number of furan rings is 1. The molecule has 22 heavy (non-hydrogen) atoms. The summed E-state index contributed by atoms with van der Waals surface area (Å²) in [6.45, 7) is 2.19. The second-order valence-corrected chi connectivity index (χ2v) is 5.74. The highest BCUT2D eigenvalue weighted by atomic mass is 79.9. The fourth-order valence-electron chi connectivity index (χ4n) is 1.96. The van der Waals surface area contributed by atoms with Gasteiger partial charge in [0.25, 0.3) is 0 Å². The zero-order valence-electron chi connectivity index (χ0n) is 12.2. The van der Waals surface area contributed by atoms with E-state index in [4.69, 9.17) is 4.42 Å². The smallest absolute Gasteiger partial charge is 0.226 e. The average Bonchev–Trinajstić information content (AvgIpc) is 2.96. The van der Waals surface area contributed by atoms with E-state index in [9.17, 15) is 9.59 Å². The first-order valence-corrected chi connectivity index (χ1v) is 7.67. The molecule has 2 aromatic rings. The van der Waals surface area contributed by atoms with E-state index in [1.54, 1.807) is 23.3 Å². The third-order valence-electron chi connectivity index (χ3n) is 3.09. The Bertz CT molecular complexity index is 641. The topological polar surface area (TPSA) is 62.6 Å². The molecule has 6 heteroatoms. The SMILES string of the molecule is CC(=O)N(CCC(=O)Nc1cccc(Br)c1)Cc1ccco1. The minimum atomic E-state index is -0.135. The van der Waals surface area contributed by atoms with Crippen molar-refractivity contribution in [1.29, 1.82) is 0 Å². The standard InChI is InChI=1S/C16H17BrN2O3/c1-12(20)19(11-15-6-3-9-22-15)8-7-16(21)18-14-5-2-4-13(17)10-14/h2-6,9-10H,7-8,11H2,1H3,(H,18,21). The Kier molecular flexibility index (Phi) is 5.77. The van der Waals surface area contributed by atoms with Crippen LogP contribution in [0.4, 0.5) is 5.69 Å². The summed E-state index contributed by atoms with van der Waals surface area (Å²) in [5, 5.41) is 2.81. The minimum Gasteiger partial charge on any atom is -0.467 e. The summed E-state index contributed by atoms with van der Waals surface area (Å²) >= 11 is 3.35. The number of amides is 2. The molecule has 0 aliphatic rings. The lowest BCUT2D eigenvalue weighted by molar-refractivity contribution is -0.130. The molecule has 1 aromatic carbocycles. The van der Waals surface area contributed by atoms with Crippen LogP contribution in [-0.4, -0.2) is 23.3 Å². The maximum absolute atomic E-state index is 12.0. The molecule has 1 heterocycles. The summed E-state index contributed by atoms with van der Waals surface area (Å²) in [6, 6.07) is 10.9. The summed E-state index contributed by atoms with van der Waals surface area (Å²) in [6.07, 6.45) is 1.79. The lowest BCUT2D eigenvalue weighted by Gasteiger charge is -2.19. The van der Waals surface area contributed by atoms with Crippen molar-refractivity contribution < 1.29 is 14.0 Å². The van der Waals surface area contributed by atoms with E-state index in [1.807, 2.05) is 24.3 Å². The van der Waals surface area contributed by atoms with E-state index in [0.29, 0.717) is 18.8 Å². The van der Waals surface area contributed by atoms with E-state index < -0.39 is 0 Å². The molecule has 1 N–H and O–H groups in total. The molecule has 0 saturated heterocycles. The highest BCUT2D eigenvalue weighted by molar-refractivity contribution is 9.10. The highest BCUT2D eigenvalue weighted by Crippen LogP contribution is 2.16. The van der Waals surface area contributed by atoms with Crippen LogP contribution in [-0.2, 0) is 16.1 Å². The van der Waals surface area contributed by atoms with Crippen molar-refractivity contribution in [2.45, 2.75) is 19.9 Å². The highest BCUT2D eigenvalue weighted by Gasteiger charge is 2.13. The Morgan fingerprint density at radius 1 is 1.27 bits per heavy atom. The predicted molar refractivity (Wildman–Crippen MR) is 87.2 cm³/mol. The first-order valence-electron chi connectivity index (χ1n) is 6.88. The first-order chi connectivity index (χ1) is 10.5. The lowest BCUT2D eigenvalue weighted by atomic mass is 10.3. The molecule has 0 aliphatic heterocycles. The molecule has 2 rings (SSSR count). The van der Waals surface area contributed by atoms with E-state index in [-0.39, 0.29) is 18.2 Å². The van der Waals surface area contributed by atoms with E-state index in [1.165, 1.54) is 6.92 Å². The van der Waals surface area contributed by atoms with Crippen LogP contribution >= 0.6 is 15.9 Å². The first kappa shape index (κ1) is 16.3. The van der Waals surface area contributed by atoms with Crippen molar-refractivity contribution in [1.82, 2.24) is 4.90 Å². The number of nitrogens with one attached hydrogen (secondary N) is 1. The molecule has 0 aliphatic carbocycles. The molecule has 0 atom stereocenters. The number of nitrogens with zero attached hydrogens (tertiary/aromatic N) is 1. The van der Waals surface area contributed by atoms with E-state index in [2.05, 4.69) is 21.2 Å². The van der Waals surface area contributed by atoms with Gasteiger partial charge < -0.3 is 14.6 Å². The van der Waals surface area contributed by atoms with Gasteiger partial charge in [-0.25, -0.2) is 0 Å². The van der Waals surface area contributed by atoms with Crippen LogP contribution in [0.3, 0.4) is 0 Å². The minimum absolute atomic E-state index is 0.0911. The van der Waals surface area contributed by atoms with Gasteiger partial charge in [0.15, 0.2) is 0 Å². The van der Waals surface area contributed by atoms with E-state index in [0.717, 1.165) is 10.2 Å². The molecule has 0 unspecified atom stereocenters. The molecule has 0 radical (unpaired) electrons. The summed E-state index contributed by atoms with van der Waals surface area (Å²) in [5.74, 6) is 0.470. The van der Waals surface area contributed by atoms with Gasteiger partial charge in [0.1, 0.15) is 5.76 Å². The van der Waals surface area contributed by atoms with Crippen molar-refractivity contribution in [3.63, 3.8) is 0 Å². The van der Waals surface area contributed by atoms with Crippen LogP contribution in [0.5, 0.6) is 0 Å². The maximum Gasteiger partial charge on any atom is 0.226 e. The third-order valence-corrected chi connectivity index (χ3v) is 3.58. The molecular weight excluding hydrogens is 348 g/mol. The van der Waals surface area contributed by atoms with Crippen molar-refractivity contribution >= 4 is 33.4 Å². The van der Waals surface area contributed by atoms with Crippen molar-refractivity contribution in [2.75, 3.05) is 11.9 Å². The summed E-state index contributed by atoms with van der Waals surface area (Å²) in [7, 11) is 0. The van der Waals surface area contributed by atoms with Gasteiger partial charge in [-0.05, 0) is 30.3 Å². The van der Waals surface area contributed by atoms with Gasteiger partial charge in [0.2, 0.25) is 11.8 Å². The van der Waals surface area contributed by atoms with E-state index >= 15 is 0 Å². The van der Waals surface area contributed by atoms with Crippen LogP contribution in [0.1, 0.15) is 19.1 Å². The zero-order valence-corrected chi connectivity index (χ0v) is 13.8. The number of carbonyl (C=O) groups excluding carboxylic acids is 2. The molecule has 0 saturated carbocycles. The number of anilines is 1. The molecule has 0 spiro atoms. The van der Waals surface area contributed by atoms with Gasteiger partial charge in [-0.1, -0.05) is 22.0 Å². The van der Waals surface area contributed by atoms with Gasteiger partial charge in [0, 0.05) is 30.0 Å². The van der Waals surface area contributed by atoms with Gasteiger partial charge >= 0.3 is 0 Å². The second kappa shape index (κ2) is 7.79. The predicted octanol–water partition coefficient (Wildman–Crippen LogP) is 3.42. The number of rotatable bonds is 6. The number of hydrogen-bond donors (Lipinski definition) is 1. The summed E-state index contributed by atoms with van der Waals surface area (Å²) in [5.41, 5.74) is 0.722. The lowest BCUT2D eigenvalue weighted by Crippen LogP contribution is -2.31. The fraction of sp³-hybridized carbons (Fsp3) is 0.250. The molecule has 1 aromatic heterocycles. The van der Waals surface area contributed by atoms with Crippen molar-refractivity contribution in [2.24, 2.45) is 0 Å². The van der Waals surface area contributed by atoms with Crippen LogP contribution in [0, 0.1) is 0 Å². The fourth-order valence-corrected chi connectivity index (χ4v) is 2.36. The Balaban J connectivity index is 1.86. The Morgan fingerprint density at radius 3 is 2.73 bits per heavy atom. The zero-order chi connectivity index (χ0) is 15.9. The van der Waals surface area contributed by atoms with Crippen LogP contribution in [0.15, 0.2) is 51.6 Å². The van der Waals surface area contributed by atoms with Crippen LogP contribution in [0.2, 0.25) is 0 Å². The van der Waals surface area contributed by atoms with Gasteiger partial charge in [-0.2, -0.15) is 0 Å². The van der Waals surface area contributed by atoms with Gasteiger partial charge in [0.05, 0.1) is 12.8 Å². The number of benzene rings is 1. The monoisotopic (exact) mass is 364 g/mol. The molecule has 0 fully saturated rings. The summed E-state index contributed by atoms with van der Waals surface area (Å²) < 4.78 is 6.13. The number of carbonyl (C=O) groups is 2. The van der Waals surface area contributed by atoms with Crippen molar-refractivity contribution in [3.8, 4) is 0 Å². The maximum atomic E-state index is 12.0. The molecular formula is C16H17BrN2O3.